The van der Waals surface area contributed by atoms with Crippen molar-refractivity contribution < 1.29 is 4.79 Å². The van der Waals surface area contributed by atoms with Gasteiger partial charge in [0.25, 0.3) is 0 Å². The fourth-order valence-electron chi connectivity index (χ4n) is 1.65. The third kappa shape index (κ3) is 7.07. The van der Waals surface area contributed by atoms with Gasteiger partial charge in [0.15, 0.2) is 0 Å². The lowest BCUT2D eigenvalue weighted by Gasteiger charge is -2.13. The maximum Gasteiger partial charge on any atom is 0.146 e. The summed E-state index contributed by atoms with van der Waals surface area (Å²) in [5.74, 6) is 0.280. The number of likely N-dealkylation sites (N-methyl/N-ethyl adjacent to an activating group) is 1. The summed E-state index contributed by atoms with van der Waals surface area (Å²) in [4.78, 5) is 11.2. The fraction of sp³-hybridized carbons (Fsp3) is 0.917. The van der Waals surface area contributed by atoms with Crippen molar-refractivity contribution in [2.24, 2.45) is 0 Å². The molecule has 0 fully saturated rings. The molecule has 0 aliphatic rings. The summed E-state index contributed by atoms with van der Waals surface area (Å²) in [7, 11) is 0. The summed E-state index contributed by atoms with van der Waals surface area (Å²) in [6.45, 7) is 6.84. The first-order chi connectivity index (χ1) is 6.72. The van der Waals surface area contributed by atoms with Crippen LogP contribution in [0.3, 0.4) is 0 Å². The number of Topliss-reactive ketones (excluding diaryl/α,β-unsaturated/α-hetero) is 1. The minimum Gasteiger partial charge on any atom is -0.308 e. The molecule has 0 aromatic heterocycles. The average molecular weight is 199 g/mol. The Labute approximate surface area is 88.5 Å². The smallest absolute Gasteiger partial charge is 0.146 e. The van der Waals surface area contributed by atoms with E-state index in [9.17, 15) is 4.79 Å². The topological polar surface area (TPSA) is 29.1 Å². The van der Waals surface area contributed by atoms with Crippen LogP contribution in [0.25, 0.3) is 0 Å². The van der Waals surface area contributed by atoms with E-state index in [1.807, 2.05) is 6.92 Å². The number of nitrogens with one attached hydrogen (secondary N) is 1. The number of rotatable bonds is 9. The fourth-order valence-corrected chi connectivity index (χ4v) is 1.65. The lowest BCUT2D eigenvalue weighted by atomic mass is 10.0. The van der Waals surface area contributed by atoms with E-state index >= 15 is 0 Å². The Morgan fingerprint density at radius 1 is 1.14 bits per heavy atom. The highest BCUT2D eigenvalue weighted by molar-refractivity contribution is 5.81. The molecule has 2 heteroatoms. The monoisotopic (exact) mass is 199 g/mol. The molecule has 84 valence electrons. The van der Waals surface area contributed by atoms with E-state index in [1.54, 1.807) is 6.92 Å². The van der Waals surface area contributed by atoms with Gasteiger partial charge in [0.05, 0.1) is 6.04 Å². The van der Waals surface area contributed by atoms with Gasteiger partial charge in [-0.1, -0.05) is 46.0 Å². The molecule has 1 N–H and O–H groups in total. The van der Waals surface area contributed by atoms with Gasteiger partial charge in [0.1, 0.15) is 5.78 Å². The van der Waals surface area contributed by atoms with Crippen molar-refractivity contribution in [2.45, 2.75) is 65.3 Å². The molecule has 0 amide bonds. The molecule has 14 heavy (non-hydrogen) atoms. The van der Waals surface area contributed by atoms with Crippen LogP contribution < -0.4 is 5.32 Å². The minimum absolute atomic E-state index is 0.0987. The van der Waals surface area contributed by atoms with E-state index in [2.05, 4.69) is 12.2 Å². The van der Waals surface area contributed by atoms with Crippen LogP contribution in [0.15, 0.2) is 0 Å². The van der Waals surface area contributed by atoms with Gasteiger partial charge in [-0.05, 0) is 19.9 Å². The van der Waals surface area contributed by atoms with Gasteiger partial charge in [-0.15, -0.1) is 0 Å². The van der Waals surface area contributed by atoms with Gasteiger partial charge in [0.2, 0.25) is 0 Å². The van der Waals surface area contributed by atoms with Crippen LogP contribution in [-0.4, -0.2) is 18.4 Å². The summed E-state index contributed by atoms with van der Waals surface area (Å²) < 4.78 is 0. The summed E-state index contributed by atoms with van der Waals surface area (Å²) in [5.41, 5.74) is 0. The number of hydrogen-bond donors (Lipinski definition) is 1. The van der Waals surface area contributed by atoms with Gasteiger partial charge >= 0.3 is 0 Å². The third-order valence-corrected chi connectivity index (χ3v) is 2.54. The summed E-state index contributed by atoms with van der Waals surface area (Å²) in [6.07, 6.45) is 7.37. The van der Waals surface area contributed by atoms with Crippen LogP contribution in [0.4, 0.5) is 0 Å². The van der Waals surface area contributed by atoms with Crippen molar-refractivity contribution in [1.29, 1.82) is 0 Å². The SMILES string of the molecule is CCCCCCC[C@H](NCC)C(C)=O. The molecule has 0 aromatic rings. The lowest BCUT2D eigenvalue weighted by Crippen LogP contribution is -2.34. The second-order valence-corrected chi connectivity index (χ2v) is 3.92. The third-order valence-electron chi connectivity index (χ3n) is 2.54. The molecule has 0 rings (SSSR count). The molecular formula is C12H25NO. The van der Waals surface area contributed by atoms with Crippen molar-refractivity contribution in [3.8, 4) is 0 Å². The molecular weight excluding hydrogens is 174 g/mol. The summed E-state index contributed by atoms with van der Waals surface area (Å²) in [5, 5.41) is 3.22. The summed E-state index contributed by atoms with van der Waals surface area (Å²) >= 11 is 0. The van der Waals surface area contributed by atoms with Gasteiger partial charge in [-0.3, -0.25) is 4.79 Å². The normalized spacial score (nSPS) is 12.8. The van der Waals surface area contributed by atoms with E-state index < -0.39 is 0 Å². The Balaban J connectivity index is 3.46. The molecule has 0 unspecified atom stereocenters. The van der Waals surface area contributed by atoms with Crippen LogP contribution in [0.2, 0.25) is 0 Å². The van der Waals surface area contributed by atoms with Gasteiger partial charge in [-0.25, -0.2) is 0 Å². The first-order valence-electron chi connectivity index (χ1n) is 5.96. The van der Waals surface area contributed by atoms with Gasteiger partial charge in [-0.2, -0.15) is 0 Å². The Kier molecular flexibility index (Phi) is 8.95. The summed E-state index contributed by atoms with van der Waals surface area (Å²) in [6, 6.07) is 0.0987. The zero-order valence-electron chi connectivity index (χ0n) is 9.94. The highest BCUT2D eigenvalue weighted by Gasteiger charge is 2.10. The maximum atomic E-state index is 11.2. The Hall–Kier alpha value is -0.370. The van der Waals surface area contributed by atoms with Crippen molar-refractivity contribution in [1.82, 2.24) is 5.32 Å². The highest BCUT2D eigenvalue weighted by Crippen LogP contribution is 2.07. The van der Waals surface area contributed by atoms with Gasteiger partial charge < -0.3 is 5.32 Å². The standard InChI is InChI=1S/C12H25NO/c1-4-6-7-8-9-10-12(11(3)14)13-5-2/h12-13H,4-10H2,1-3H3/t12-/m0/s1. The van der Waals surface area contributed by atoms with Crippen LogP contribution in [0.1, 0.15) is 59.3 Å². The molecule has 0 saturated carbocycles. The predicted molar refractivity (Wildman–Crippen MR) is 61.5 cm³/mol. The Bertz CT molecular complexity index is 145. The number of ketones is 1. The number of carbonyl (C=O) groups excluding carboxylic acids is 1. The number of carbonyl (C=O) groups is 1. The van der Waals surface area contributed by atoms with E-state index in [4.69, 9.17) is 0 Å². The second kappa shape index (κ2) is 9.20. The predicted octanol–water partition coefficient (Wildman–Crippen LogP) is 2.91. The number of hydrogen-bond acceptors (Lipinski definition) is 2. The van der Waals surface area contributed by atoms with Crippen LogP contribution in [0, 0.1) is 0 Å². The molecule has 2 nitrogen and oxygen atoms in total. The Morgan fingerprint density at radius 2 is 1.79 bits per heavy atom. The first-order valence-corrected chi connectivity index (χ1v) is 5.96. The number of unbranched alkanes of at least 4 members (excludes halogenated alkanes) is 4. The molecule has 1 atom stereocenters. The molecule has 0 heterocycles. The molecule has 0 spiro atoms. The van der Waals surface area contributed by atoms with E-state index in [1.165, 1.54) is 32.1 Å². The van der Waals surface area contributed by atoms with Crippen LogP contribution in [0.5, 0.6) is 0 Å². The Morgan fingerprint density at radius 3 is 2.29 bits per heavy atom. The van der Waals surface area contributed by atoms with Crippen LogP contribution in [-0.2, 0) is 4.79 Å². The van der Waals surface area contributed by atoms with Crippen molar-refractivity contribution in [3.63, 3.8) is 0 Å². The second-order valence-electron chi connectivity index (χ2n) is 3.92. The largest absolute Gasteiger partial charge is 0.308 e. The zero-order chi connectivity index (χ0) is 10.8. The van der Waals surface area contributed by atoms with E-state index in [-0.39, 0.29) is 11.8 Å². The van der Waals surface area contributed by atoms with Crippen molar-refractivity contribution in [2.75, 3.05) is 6.54 Å². The molecule has 0 aliphatic heterocycles. The molecule has 0 radical (unpaired) electrons. The highest BCUT2D eigenvalue weighted by atomic mass is 16.1. The first kappa shape index (κ1) is 13.6. The van der Waals surface area contributed by atoms with Crippen molar-refractivity contribution >= 4 is 5.78 Å². The van der Waals surface area contributed by atoms with Crippen molar-refractivity contribution in [3.05, 3.63) is 0 Å². The van der Waals surface area contributed by atoms with Crippen LogP contribution >= 0.6 is 0 Å². The molecule has 0 saturated heterocycles. The molecule has 0 bridgehead atoms. The zero-order valence-corrected chi connectivity index (χ0v) is 9.94. The van der Waals surface area contributed by atoms with E-state index in [0.29, 0.717) is 0 Å². The molecule has 0 aromatic carbocycles. The average Bonchev–Trinajstić information content (AvgIpc) is 2.15. The van der Waals surface area contributed by atoms with E-state index in [0.717, 1.165) is 13.0 Å². The maximum absolute atomic E-state index is 11.2. The quantitative estimate of drug-likeness (QED) is 0.578. The minimum atomic E-state index is 0.0987. The lowest BCUT2D eigenvalue weighted by molar-refractivity contribution is -0.119. The van der Waals surface area contributed by atoms with Gasteiger partial charge in [0, 0.05) is 0 Å². The molecule has 0 aliphatic carbocycles.